The molecule has 1 aromatic heterocycles. The van der Waals surface area contributed by atoms with Crippen molar-refractivity contribution in [2.75, 3.05) is 10.5 Å². The largest absolute Gasteiger partial charge is 0.251 e. The summed E-state index contributed by atoms with van der Waals surface area (Å²) >= 11 is 0. The minimum Gasteiger partial charge on any atom is -0.251 e. The third kappa shape index (κ3) is 4.28. The fourth-order valence-electron chi connectivity index (χ4n) is 2.28. The fourth-order valence-corrected chi connectivity index (χ4v) is 3.20. The third-order valence-electron chi connectivity index (χ3n) is 3.53. The van der Waals surface area contributed by atoms with Crippen LogP contribution >= 0.6 is 9.24 Å². The zero-order chi connectivity index (χ0) is 17.9. The summed E-state index contributed by atoms with van der Waals surface area (Å²) in [6, 6.07) is 5.97. The van der Waals surface area contributed by atoms with Gasteiger partial charge in [-0.2, -0.15) is 0 Å². The van der Waals surface area contributed by atoms with E-state index in [1.54, 1.807) is 19.1 Å². The number of rotatable bonds is 6. The molecule has 1 N–H and O–H groups in total. The number of benzene rings is 1. The lowest BCUT2D eigenvalue weighted by atomic mass is 9.99. The molecule has 0 saturated carbocycles. The summed E-state index contributed by atoms with van der Waals surface area (Å²) < 4.78 is 39.3. The Labute approximate surface area is 144 Å². The minimum atomic E-state index is -3.48. The van der Waals surface area contributed by atoms with Crippen molar-refractivity contribution in [2.24, 2.45) is 0 Å². The maximum atomic E-state index is 13.2. The molecular formula is C16H21FN3O2PS. The average Bonchev–Trinajstić information content (AvgIpc) is 2.54. The van der Waals surface area contributed by atoms with Gasteiger partial charge in [0.1, 0.15) is 5.82 Å². The normalized spacial score (nSPS) is 11.8. The van der Waals surface area contributed by atoms with Crippen molar-refractivity contribution < 1.29 is 12.8 Å². The second-order valence-electron chi connectivity index (χ2n) is 5.63. The van der Waals surface area contributed by atoms with E-state index in [0.717, 1.165) is 16.8 Å². The molecule has 0 aliphatic carbocycles. The van der Waals surface area contributed by atoms with Crippen molar-refractivity contribution in [3.8, 4) is 11.3 Å². The summed E-state index contributed by atoms with van der Waals surface area (Å²) in [5, 5.41) is 0. The molecule has 1 unspecified atom stereocenters. The van der Waals surface area contributed by atoms with E-state index in [1.807, 2.05) is 13.8 Å². The summed E-state index contributed by atoms with van der Waals surface area (Å²) in [4.78, 5) is 8.77. The first kappa shape index (κ1) is 18.7. The zero-order valence-electron chi connectivity index (χ0n) is 13.9. The minimum absolute atomic E-state index is 0.0436. The number of anilines is 1. The van der Waals surface area contributed by atoms with E-state index in [-0.39, 0.29) is 23.4 Å². The Bertz CT molecular complexity index is 824. The van der Waals surface area contributed by atoms with Gasteiger partial charge in [0.05, 0.1) is 17.1 Å². The molecule has 0 aliphatic heterocycles. The summed E-state index contributed by atoms with van der Waals surface area (Å²) in [7, 11) is -0.841. The summed E-state index contributed by atoms with van der Waals surface area (Å²) in [5.74, 6) is -0.268. The Morgan fingerprint density at radius 2 is 1.83 bits per heavy atom. The van der Waals surface area contributed by atoms with Gasteiger partial charge >= 0.3 is 0 Å². The second kappa shape index (κ2) is 7.53. The van der Waals surface area contributed by atoms with Gasteiger partial charge in [-0.15, -0.1) is 9.24 Å². The lowest BCUT2D eigenvalue weighted by molar-refractivity contribution is 0.602. The van der Waals surface area contributed by atoms with Crippen LogP contribution in [0.5, 0.6) is 0 Å². The topological polar surface area (TPSA) is 72.0 Å². The van der Waals surface area contributed by atoms with Gasteiger partial charge in [0.2, 0.25) is 16.0 Å². The summed E-state index contributed by atoms with van der Waals surface area (Å²) in [6.07, 6.45) is 0.612. The molecule has 24 heavy (non-hydrogen) atoms. The van der Waals surface area contributed by atoms with E-state index in [9.17, 15) is 12.8 Å². The van der Waals surface area contributed by atoms with Crippen LogP contribution in [0.15, 0.2) is 24.3 Å². The van der Waals surface area contributed by atoms with Crippen LogP contribution in [0.1, 0.15) is 37.9 Å². The maximum Gasteiger partial charge on any atom is 0.237 e. The zero-order valence-corrected chi connectivity index (χ0v) is 15.8. The molecule has 1 aromatic carbocycles. The second-order valence-corrected chi connectivity index (χ2v) is 8.05. The Morgan fingerprint density at radius 3 is 2.33 bits per heavy atom. The lowest BCUT2D eigenvalue weighted by Gasteiger charge is -2.17. The number of nitrogens with zero attached hydrogens (tertiary/aromatic N) is 2. The quantitative estimate of drug-likeness (QED) is 0.791. The van der Waals surface area contributed by atoms with E-state index in [4.69, 9.17) is 0 Å². The van der Waals surface area contributed by atoms with Crippen molar-refractivity contribution >= 4 is 25.2 Å². The van der Waals surface area contributed by atoms with Gasteiger partial charge in [-0.3, -0.25) is 4.72 Å². The lowest BCUT2D eigenvalue weighted by Crippen LogP contribution is -2.18. The molecule has 1 heterocycles. The Balaban J connectivity index is 2.66. The van der Waals surface area contributed by atoms with Crippen LogP contribution in [0.3, 0.4) is 0 Å². The number of sulfonamides is 1. The number of aromatic nitrogens is 2. The molecule has 0 amide bonds. The standard InChI is InChI=1S/C16H21FN3O2PS/c1-4-24(21,22)20-16-18-14(10(2)3)13(9-23)15(19-16)11-5-7-12(17)8-6-11/h5-8,10H,4,9,23H2,1-3H3,(H,18,19,20). The highest BCUT2D eigenvalue weighted by molar-refractivity contribution is 7.92. The van der Waals surface area contributed by atoms with E-state index >= 15 is 0 Å². The molecule has 0 aliphatic rings. The molecule has 0 bridgehead atoms. The van der Waals surface area contributed by atoms with Gasteiger partial charge in [0.25, 0.3) is 0 Å². The first-order chi connectivity index (χ1) is 11.3. The highest BCUT2D eigenvalue weighted by atomic mass is 32.2. The van der Waals surface area contributed by atoms with Gasteiger partial charge in [0.15, 0.2) is 0 Å². The van der Waals surface area contributed by atoms with E-state index in [1.165, 1.54) is 12.1 Å². The number of hydrogen-bond acceptors (Lipinski definition) is 4. The van der Waals surface area contributed by atoms with Gasteiger partial charge in [-0.25, -0.2) is 22.8 Å². The molecule has 0 radical (unpaired) electrons. The predicted molar refractivity (Wildman–Crippen MR) is 98.0 cm³/mol. The maximum absolute atomic E-state index is 13.2. The smallest absolute Gasteiger partial charge is 0.237 e. The molecule has 0 saturated heterocycles. The molecule has 5 nitrogen and oxygen atoms in total. The van der Waals surface area contributed by atoms with Gasteiger partial charge < -0.3 is 0 Å². The molecule has 8 heteroatoms. The molecule has 2 aromatic rings. The number of nitrogens with one attached hydrogen (secondary N) is 1. The molecule has 2 rings (SSSR count). The van der Waals surface area contributed by atoms with Gasteiger partial charge in [0, 0.05) is 11.1 Å². The molecule has 0 spiro atoms. The van der Waals surface area contributed by atoms with Crippen LogP contribution in [-0.4, -0.2) is 24.1 Å². The number of halogens is 1. The van der Waals surface area contributed by atoms with Crippen LogP contribution in [0, 0.1) is 5.82 Å². The molecule has 130 valence electrons. The van der Waals surface area contributed by atoms with Crippen molar-refractivity contribution in [1.82, 2.24) is 9.97 Å². The van der Waals surface area contributed by atoms with E-state index < -0.39 is 10.0 Å². The third-order valence-corrected chi connectivity index (χ3v) is 5.20. The SMILES string of the molecule is CCS(=O)(=O)Nc1nc(-c2ccc(F)cc2)c(CP)c(C(C)C)n1. The van der Waals surface area contributed by atoms with Crippen LogP contribution in [-0.2, 0) is 16.2 Å². The fraction of sp³-hybridized carbons (Fsp3) is 0.375. The van der Waals surface area contributed by atoms with Gasteiger partial charge in [-0.1, -0.05) is 13.8 Å². The molecule has 0 fully saturated rings. The monoisotopic (exact) mass is 369 g/mol. The first-order valence-corrected chi connectivity index (χ1v) is 10.1. The van der Waals surface area contributed by atoms with Crippen molar-refractivity contribution in [3.05, 3.63) is 41.3 Å². The summed E-state index contributed by atoms with van der Waals surface area (Å²) in [6.45, 7) is 5.51. The van der Waals surface area contributed by atoms with E-state index in [2.05, 4.69) is 23.9 Å². The molecule has 1 atom stereocenters. The van der Waals surface area contributed by atoms with E-state index in [0.29, 0.717) is 11.9 Å². The van der Waals surface area contributed by atoms with Crippen molar-refractivity contribution in [1.29, 1.82) is 0 Å². The highest BCUT2D eigenvalue weighted by Crippen LogP contribution is 2.31. The van der Waals surface area contributed by atoms with Crippen molar-refractivity contribution in [2.45, 2.75) is 32.9 Å². The summed E-state index contributed by atoms with van der Waals surface area (Å²) in [5.41, 5.74) is 3.00. The Morgan fingerprint density at radius 1 is 1.21 bits per heavy atom. The van der Waals surface area contributed by atoms with Crippen LogP contribution in [0.2, 0.25) is 0 Å². The van der Waals surface area contributed by atoms with Crippen LogP contribution < -0.4 is 4.72 Å². The Kier molecular flexibility index (Phi) is 5.88. The average molecular weight is 369 g/mol. The van der Waals surface area contributed by atoms with Crippen molar-refractivity contribution in [3.63, 3.8) is 0 Å². The highest BCUT2D eigenvalue weighted by Gasteiger charge is 2.19. The Hall–Kier alpha value is -1.59. The van der Waals surface area contributed by atoms with Gasteiger partial charge in [-0.05, 0) is 43.3 Å². The molecular weight excluding hydrogens is 348 g/mol. The number of hydrogen-bond donors (Lipinski definition) is 1. The first-order valence-electron chi connectivity index (χ1n) is 7.64. The van der Waals surface area contributed by atoms with Crippen LogP contribution in [0.25, 0.3) is 11.3 Å². The van der Waals surface area contributed by atoms with Crippen LogP contribution in [0.4, 0.5) is 10.3 Å². The predicted octanol–water partition coefficient (Wildman–Crippen LogP) is 3.54.